The van der Waals surface area contributed by atoms with E-state index in [1.807, 2.05) is 0 Å². The SMILES string of the molecule is COC(=O)CCCN(C)c1cc(C(C)C)ccc1C. The third-order valence-electron chi connectivity index (χ3n) is 3.41. The summed E-state index contributed by atoms with van der Waals surface area (Å²) in [4.78, 5) is 13.3. The second-order valence-corrected chi connectivity index (χ2v) is 5.30. The lowest BCUT2D eigenvalue weighted by molar-refractivity contribution is -0.140. The van der Waals surface area contributed by atoms with Crippen molar-refractivity contribution >= 4 is 11.7 Å². The Morgan fingerprint density at radius 3 is 2.63 bits per heavy atom. The van der Waals surface area contributed by atoms with Crippen molar-refractivity contribution in [2.45, 2.75) is 39.5 Å². The molecular weight excluding hydrogens is 238 g/mol. The van der Waals surface area contributed by atoms with Crippen LogP contribution >= 0.6 is 0 Å². The van der Waals surface area contributed by atoms with E-state index in [-0.39, 0.29) is 5.97 Å². The molecule has 0 N–H and O–H groups in total. The zero-order chi connectivity index (χ0) is 14.4. The number of nitrogens with zero attached hydrogens (tertiary/aromatic N) is 1. The van der Waals surface area contributed by atoms with Gasteiger partial charge in [-0.15, -0.1) is 0 Å². The van der Waals surface area contributed by atoms with Gasteiger partial charge in [0.2, 0.25) is 0 Å². The topological polar surface area (TPSA) is 29.5 Å². The van der Waals surface area contributed by atoms with Gasteiger partial charge in [-0.05, 0) is 36.5 Å². The Hall–Kier alpha value is -1.51. The van der Waals surface area contributed by atoms with Gasteiger partial charge in [0.05, 0.1) is 7.11 Å². The maximum atomic E-state index is 11.1. The van der Waals surface area contributed by atoms with Gasteiger partial charge < -0.3 is 9.64 Å². The minimum absolute atomic E-state index is 0.138. The number of benzene rings is 1. The number of carbonyl (C=O) groups excluding carboxylic acids is 1. The molecule has 0 aliphatic rings. The molecule has 19 heavy (non-hydrogen) atoms. The highest BCUT2D eigenvalue weighted by Crippen LogP contribution is 2.25. The van der Waals surface area contributed by atoms with Crippen molar-refractivity contribution in [3.8, 4) is 0 Å². The molecule has 0 amide bonds. The average molecular weight is 263 g/mol. The third kappa shape index (κ3) is 4.58. The van der Waals surface area contributed by atoms with E-state index in [1.165, 1.54) is 23.9 Å². The molecule has 0 saturated heterocycles. The molecule has 0 fully saturated rings. The van der Waals surface area contributed by atoms with Gasteiger partial charge in [-0.3, -0.25) is 4.79 Å². The van der Waals surface area contributed by atoms with Crippen LogP contribution in [0.15, 0.2) is 18.2 Å². The molecule has 0 aliphatic carbocycles. The first-order valence-electron chi connectivity index (χ1n) is 6.84. The van der Waals surface area contributed by atoms with Crippen molar-refractivity contribution in [1.82, 2.24) is 0 Å². The fourth-order valence-electron chi connectivity index (χ4n) is 2.08. The van der Waals surface area contributed by atoms with E-state index in [9.17, 15) is 4.79 Å². The standard InChI is InChI=1S/C16H25NO2/c1-12(2)14-9-8-13(3)15(11-14)17(4)10-6-7-16(18)19-5/h8-9,11-12H,6-7,10H2,1-5H3. The summed E-state index contributed by atoms with van der Waals surface area (Å²) in [5.41, 5.74) is 3.86. The number of ether oxygens (including phenoxy) is 1. The Bertz CT molecular complexity index is 427. The van der Waals surface area contributed by atoms with Gasteiger partial charge in [0, 0.05) is 25.7 Å². The number of carbonyl (C=O) groups is 1. The van der Waals surface area contributed by atoms with Gasteiger partial charge in [0.25, 0.3) is 0 Å². The Labute approximate surface area is 116 Å². The third-order valence-corrected chi connectivity index (χ3v) is 3.41. The van der Waals surface area contributed by atoms with Crippen molar-refractivity contribution in [3.05, 3.63) is 29.3 Å². The van der Waals surface area contributed by atoms with Crippen molar-refractivity contribution in [1.29, 1.82) is 0 Å². The largest absolute Gasteiger partial charge is 0.469 e. The van der Waals surface area contributed by atoms with Crippen molar-refractivity contribution in [2.24, 2.45) is 0 Å². The maximum absolute atomic E-state index is 11.1. The molecule has 1 rings (SSSR count). The highest BCUT2D eigenvalue weighted by atomic mass is 16.5. The number of rotatable bonds is 6. The molecule has 0 aliphatic heterocycles. The van der Waals surface area contributed by atoms with Crippen LogP contribution in [-0.2, 0) is 9.53 Å². The Morgan fingerprint density at radius 1 is 1.37 bits per heavy atom. The van der Waals surface area contributed by atoms with E-state index in [0.717, 1.165) is 13.0 Å². The minimum Gasteiger partial charge on any atom is -0.469 e. The molecule has 0 radical (unpaired) electrons. The number of anilines is 1. The minimum atomic E-state index is -0.138. The van der Waals surface area contributed by atoms with E-state index in [4.69, 9.17) is 0 Å². The van der Waals surface area contributed by atoms with Crippen LogP contribution in [0.2, 0.25) is 0 Å². The van der Waals surface area contributed by atoms with Crippen LogP contribution in [0.3, 0.4) is 0 Å². The summed E-state index contributed by atoms with van der Waals surface area (Å²) < 4.78 is 4.65. The van der Waals surface area contributed by atoms with Gasteiger partial charge in [-0.1, -0.05) is 26.0 Å². The maximum Gasteiger partial charge on any atom is 0.305 e. The molecule has 0 saturated carbocycles. The highest BCUT2D eigenvalue weighted by Gasteiger charge is 2.08. The van der Waals surface area contributed by atoms with Crippen LogP contribution in [0.5, 0.6) is 0 Å². The van der Waals surface area contributed by atoms with E-state index >= 15 is 0 Å². The van der Waals surface area contributed by atoms with Crippen LogP contribution in [0.25, 0.3) is 0 Å². The summed E-state index contributed by atoms with van der Waals surface area (Å²) in [6.07, 6.45) is 1.29. The predicted molar refractivity (Wildman–Crippen MR) is 79.8 cm³/mol. The molecule has 0 spiro atoms. The fraction of sp³-hybridized carbons (Fsp3) is 0.562. The van der Waals surface area contributed by atoms with Crippen molar-refractivity contribution < 1.29 is 9.53 Å². The number of hydrogen-bond donors (Lipinski definition) is 0. The molecule has 0 unspecified atom stereocenters. The number of esters is 1. The molecular formula is C16H25NO2. The van der Waals surface area contributed by atoms with Crippen LogP contribution in [-0.4, -0.2) is 26.7 Å². The first kappa shape index (κ1) is 15.5. The zero-order valence-electron chi connectivity index (χ0n) is 12.7. The van der Waals surface area contributed by atoms with Crippen LogP contribution in [0.4, 0.5) is 5.69 Å². The van der Waals surface area contributed by atoms with Crippen LogP contribution < -0.4 is 4.90 Å². The van der Waals surface area contributed by atoms with Crippen molar-refractivity contribution in [2.75, 3.05) is 25.6 Å². The van der Waals surface area contributed by atoms with Crippen LogP contribution in [0.1, 0.15) is 43.7 Å². The molecule has 0 bridgehead atoms. The van der Waals surface area contributed by atoms with Gasteiger partial charge in [-0.25, -0.2) is 0 Å². The average Bonchev–Trinajstić information content (AvgIpc) is 2.38. The van der Waals surface area contributed by atoms with Crippen molar-refractivity contribution in [3.63, 3.8) is 0 Å². The van der Waals surface area contributed by atoms with E-state index in [1.54, 1.807) is 0 Å². The van der Waals surface area contributed by atoms with Gasteiger partial charge in [0.15, 0.2) is 0 Å². The number of aryl methyl sites for hydroxylation is 1. The lowest BCUT2D eigenvalue weighted by Crippen LogP contribution is -2.20. The first-order chi connectivity index (χ1) is 8.95. The molecule has 0 atom stereocenters. The summed E-state index contributed by atoms with van der Waals surface area (Å²) in [5.74, 6) is 0.392. The molecule has 3 heteroatoms. The second-order valence-electron chi connectivity index (χ2n) is 5.30. The lowest BCUT2D eigenvalue weighted by Gasteiger charge is -2.22. The summed E-state index contributed by atoms with van der Waals surface area (Å²) >= 11 is 0. The van der Waals surface area contributed by atoms with Crippen LogP contribution in [0, 0.1) is 6.92 Å². The fourth-order valence-corrected chi connectivity index (χ4v) is 2.08. The molecule has 0 aromatic heterocycles. The predicted octanol–water partition coefficient (Wildman–Crippen LogP) is 3.51. The normalized spacial score (nSPS) is 10.6. The Balaban J connectivity index is 2.67. The summed E-state index contributed by atoms with van der Waals surface area (Å²) in [6, 6.07) is 6.60. The summed E-state index contributed by atoms with van der Waals surface area (Å²) in [6.45, 7) is 7.38. The summed E-state index contributed by atoms with van der Waals surface area (Å²) in [5, 5.41) is 0. The van der Waals surface area contributed by atoms with E-state index < -0.39 is 0 Å². The Morgan fingerprint density at radius 2 is 2.05 bits per heavy atom. The molecule has 3 nitrogen and oxygen atoms in total. The summed E-state index contributed by atoms with van der Waals surface area (Å²) in [7, 11) is 3.51. The number of methoxy groups -OCH3 is 1. The first-order valence-corrected chi connectivity index (χ1v) is 6.84. The Kier molecular flexibility index (Phi) is 5.87. The lowest BCUT2D eigenvalue weighted by atomic mass is 10.00. The monoisotopic (exact) mass is 263 g/mol. The zero-order valence-corrected chi connectivity index (χ0v) is 12.7. The van der Waals surface area contributed by atoms with Gasteiger partial charge in [-0.2, -0.15) is 0 Å². The van der Waals surface area contributed by atoms with E-state index in [0.29, 0.717) is 12.3 Å². The smallest absolute Gasteiger partial charge is 0.305 e. The molecule has 0 heterocycles. The molecule has 106 valence electrons. The quantitative estimate of drug-likeness (QED) is 0.736. The van der Waals surface area contributed by atoms with Gasteiger partial charge in [0.1, 0.15) is 0 Å². The molecule has 1 aromatic rings. The number of hydrogen-bond acceptors (Lipinski definition) is 3. The van der Waals surface area contributed by atoms with Gasteiger partial charge >= 0.3 is 5.97 Å². The van der Waals surface area contributed by atoms with E-state index in [2.05, 4.69) is 55.7 Å². The second kappa shape index (κ2) is 7.17. The molecule has 1 aromatic carbocycles. The highest BCUT2D eigenvalue weighted by molar-refractivity contribution is 5.69.